The highest BCUT2D eigenvalue weighted by molar-refractivity contribution is 5.83. The maximum atomic E-state index is 13.2. The van der Waals surface area contributed by atoms with Gasteiger partial charge in [0.15, 0.2) is 0 Å². The lowest BCUT2D eigenvalue weighted by molar-refractivity contribution is -0.117. The van der Waals surface area contributed by atoms with Gasteiger partial charge in [-0.2, -0.15) is 0 Å². The van der Waals surface area contributed by atoms with Crippen molar-refractivity contribution in [1.82, 2.24) is 19.8 Å². The van der Waals surface area contributed by atoms with E-state index in [9.17, 15) is 9.18 Å². The first-order valence-corrected chi connectivity index (χ1v) is 12.8. The Balaban J connectivity index is 0.000000886. The number of alkyl halides is 1. The molecule has 0 atom stereocenters. The normalized spacial score (nSPS) is 17.0. The van der Waals surface area contributed by atoms with Gasteiger partial charge in [0.2, 0.25) is 12.3 Å². The van der Waals surface area contributed by atoms with Gasteiger partial charge in [-0.05, 0) is 62.8 Å². The van der Waals surface area contributed by atoms with Gasteiger partial charge in [-0.1, -0.05) is 12.6 Å². The number of hydrogen-bond acceptors (Lipinski definition) is 7. The Morgan fingerprint density at radius 1 is 1.24 bits per heavy atom. The molecule has 1 aliphatic carbocycles. The van der Waals surface area contributed by atoms with Crippen molar-refractivity contribution in [2.75, 3.05) is 46.1 Å². The van der Waals surface area contributed by atoms with E-state index in [0.29, 0.717) is 36.7 Å². The van der Waals surface area contributed by atoms with Crippen molar-refractivity contribution in [3.63, 3.8) is 0 Å². The highest BCUT2D eigenvalue weighted by Gasteiger charge is 2.44. The van der Waals surface area contributed by atoms with Crippen LogP contribution in [0, 0.1) is 0 Å². The quantitative estimate of drug-likeness (QED) is 0.163. The summed E-state index contributed by atoms with van der Waals surface area (Å²) < 4.78 is 19.0. The number of carbonyl (C=O) groups is 1. The third-order valence-electron chi connectivity index (χ3n) is 6.77. The SMILES string of the molecule is C=C(c1cc(-c2ccc(OCCCN3CCC(F)CC3)nc2)ccc1N)N(C=O)C1(C)CC1.CN(C)N. The standard InChI is InChI=1S/C26H33FN4O2.C2H8N2/c1-19(31(18-32)26(2)10-11-26)23-16-20(4-6-24(23)28)21-5-7-25(29-17-21)33-15-3-12-30-13-8-22(27)9-14-30;1-4(2)3/h4-7,16-18,22H,1,3,8-15,28H2,2H3;3H2,1-2H3. The summed E-state index contributed by atoms with van der Waals surface area (Å²) in [7, 11) is 3.56. The molecule has 37 heavy (non-hydrogen) atoms. The number of aromatic nitrogens is 1. The number of pyridine rings is 1. The predicted octanol–water partition coefficient (Wildman–Crippen LogP) is 3.94. The summed E-state index contributed by atoms with van der Waals surface area (Å²) in [4.78, 5) is 20.1. The number of hydrazine groups is 1. The minimum Gasteiger partial charge on any atom is -0.478 e. The van der Waals surface area contributed by atoms with Crippen LogP contribution in [0.25, 0.3) is 16.8 Å². The number of nitrogens with zero attached hydrogens (tertiary/aromatic N) is 4. The molecule has 0 bridgehead atoms. The van der Waals surface area contributed by atoms with Crippen molar-refractivity contribution in [3.05, 3.63) is 48.7 Å². The number of hydrogen-bond donors (Lipinski definition) is 2. The second-order valence-electron chi connectivity index (χ2n) is 10.3. The fraction of sp³-hybridized carbons (Fsp3) is 0.500. The van der Waals surface area contributed by atoms with Crippen molar-refractivity contribution in [1.29, 1.82) is 0 Å². The first-order chi connectivity index (χ1) is 17.6. The van der Waals surface area contributed by atoms with Crippen LogP contribution in [0.3, 0.4) is 0 Å². The van der Waals surface area contributed by atoms with Crippen LogP contribution in [0.1, 0.15) is 44.6 Å². The van der Waals surface area contributed by atoms with E-state index in [1.54, 1.807) is 25.2 Å². The predicted molar refractivity (Wildman–Crippen MR) is 147 cm³/mol. The topological polar surface area (TPSA) is 101 Å². The average molecular weight is 513 g/mol. The summed E-state index contributed by atoms with van der Waals surface area (Å²) in [6.07, 6.45) is 6.07. The van der Waals surface area contributed by atoms with Crippen LogP contribution < -0.4 is 16.3 Å². The molecular formula is C28H41FN6O2. The Kier molecular flexibility index (Phi) is 10.0. The lowest BCUT2D eigenvalue weighted by Gasteiger charge is -2.28. The molecule has 9 heteroatoms. The first kappa shape index (κ1) is 28.6. The summed E-state index contributed by atoms with van der Waals surface area (Å²) in [5.41, 5.74) is 9.89. The monoisotopic (exact) mass is 512 g/mol. The highest BCUT2D eigenvalue weighted by Crippen LogP contribution is 2.44. The van der Waals surface area contributed by atoms with E-state index in [1.165, 1.54) is 5.01 Å². The third-order valence-corrected chi connectivity index (χ3v) is 6.77. The van der Waals surface area contributed by atoms with Gasteiger partial charge in [0.05, 0.1) is 6.61 Å². The van der Waals surface area contributed by atoms with Crippen LogP contribution in [-0.4, -0.2) is 78.2 Å². The molecule has 2 aliphatic rings. The molecule has 8 nitrogen and oxygen atoms in total. The number of nitrogen functional groups attached to an aromatic ring is 1. The van der Waals surface area contributed by atoms with Gasteiger partial charge in [-0.15, -0.1) is 0 Å². The Morgan fingerprint density at radius 2 is 1.89 bits per heavy atom. The van der Waals surface area contributed by atoms with Gasteiger partial charge in [-0.25, -0.2) is 9.37 Å². The lowest BCUT2D eigenvalue weighted by atomic mass is 10.0. The second-order valence-corrected chi connectivity index (χ2v) is 10.3. The van der Waals surface area contributed by atoms with Crippen molar-refractivity contribution in [2.45, 2.75) is 50.7 Å². The Hall–Kier alpha value is -3.01. The zero-order valence-electron chi connectivity index (χ0n) is 22.3. The highest BCUT2D eigenvalue weighted by atomic mass is 19.1. The van der Waals surface area contributed by atoms with Crippen LogP contribution in [0.4, 0.5) is 10.1 Å². The zero-order valence-corrected chi connectivity index (χ0v) is 22.3. The number of rotatable bonds is 10. The van der Waals surface area contributed by atoms with Gasteiger partial charge in [0.1, 0.15) is 6.17 Å². The Morgan fingerprint density at radius 3 is 2.46 bits per heavy atom. The number of carbonyl (C=O) groups excluding carboxylic acids is 1. The molecule has 0 unspecified atom stereocenters. The fourth-order valence-electron chi connectivity index (χ4n) is 4.28. The van der Waals surface area contributed by atoms with Gasteiger partial charge < -0.3 is 20.3 Å². The second kappa shape index (κ2) is 13.0. The molecule has 0 radical (unpaired) electrons. The van der Waals surface area contributed by atoms with Crippen LogP contribution in [0.15, 0.2) is 43.1 Å². The maximum Gasteiger partial charge on any atom is 0.214 e. The largest absolute Gasteiger partial charge is 0.478 e. The lowest BCUT2D eigenvalue weighted by Crippen LogP contribution is -2.35. The van der Waals surface area contributed by atoms with Crippen molar-refractivity contribution in [3.8, 4) is 17.0 Å². The van der Waals surface area contributed by atoms with E-state index in [-0.39, 0.29) is 5.54 Å². The number of piperidine rings is 1. The maximum absolute atomic E-state index is 13.2. The van der Waals surface area contributed by atoms with Crippen LogP contribution >= 0.6 is 0 Å². The molecule has 1 saturated heterocycles. The summed E-state index contributed by atoms with van der Waals surface area (Å²) in [5.74, 6) is 5.52. The number of amides is 1. The molecule has 2 fully saturated rings. The minimum absolute atomic E-state index is 0.161. The van der Waals surface area contributed by atoms with E-state index >= 15 is 0 Å². The van der Waals surface area contributed by atoms with Gasteiger partial charge in [-0.3, -0.25) is 15.6 Å². The van der Waals surface area contributed by atoms with E-state index < -0.39 is 6.17 Å². The molecule has 1 saturated carbocycles. The number of ether oxygens (including phenoxy) is 1. The molecule has 1 amide bonds. The molecule has 2 heterocycles. The minimum atomic E-state index is -0.638. The summed E-state index contributed by atoms with van der Waals surface area (Å²) >= 11 is 0. The van der Waals surface area contributed by atoms with Gasteiger partial charge >= 0.3 is 0 Å². The number of likely N-dealkylation sites (tertiary alicyclic amines) is 1. The van der Waals surface area contributed by atoms with Crippen LogP contribution in [0.5, 0.6) is 5.88 Å². The van der Waals surface area contributed by atoms with E-state index in [4.69, 9.17) is 16.3 Å². The molecule has 0 spiro atoms. The first-order valence-electron chi connectivity index (χ1n) is 12.8. The Labute approximate surface area is 220 Å². The molecule has 1 aromatic carbocycles. The number of halogens is 1. The molecule has 4 N–H and O–H groups in total. The van der Waals surface area contributed by atoms with E-state index in [1.807, 2.05) is 30.3 Å². The van der Waals surface area contributed by atoms with E-state index in [0.717, 1.165) is 62.0 Å². The molecule has 1 aliphatic heterocycles. The molecule has 2 aromatic rings. The summed E-state index contributed by atoms with van der Waals surface area (Å²) in [6, 6.07) is 9.56. The van der Waals surface area contributed by atoms with Crippen LogP contribution in [0.2, 0.25) is 0 Å². The number of nitrogens with two attached hydrogens (primary N) is 2. The van der Waals surface area contributed by atoms with Gasteiger partial charge in [0, 0.05) is 74.0 Å². The molecule has 202 valence electrons. The van der Waals surface area contributed by atoms with E-state index in [2.05, 4.69) is 23.4 Å². The summed E-state index contributed by atoms with van der Waals surface area (Å²) in [6.45, 7) is 9.35. The van der Waals surface area contributed by atoms with Crippen molar-refractivity contribution in [2.24, 2.45) is 5.84 Å². The third kappa shape index (κ3) is 8.24. The summed E-state index contributed by atoms with van der Waals surface area (Å²) in [5, 5.41) is 1.50. The Bertz CT molecular complexity index is 1030. The number of benzene rings is 1. The number of anilines is 1. The fourth-order valence-corrected chi connectivity index (χ4v) is 4.28. The van der Waals surface area contributed by atoms with Gasteiger partial charge in [0.25, 0.3) is 0 Å². The van der Waals surface area contributed by atoms with Crippen LogP contribution in [-0.2, 0) is 4.79 Å². The van der Waals surface area contributed by atoms with Crippen molar-refractivity contribution < 1.29 is 13.9 Å². The smallest absolute Gasteiger partial charge is 0.214 e. The average Bonchev–Trinajstić information content (AvgIpc) is 3.61. The molecule has 1 aromatic heterocycles. The molecular weight excluding hydrogens is 471 g/mol. The zero-order chi connectivity index (χ0) is 27.0. The van der Waals surface area contributed by atoms with Crippen molar-refractivity contribution >= 4 is 17.8 Å². The molecule has 4 rings (SSSR count).